The molecule has 0 saturated carbocycles. The fourth-order valence-electron chi connectivity index (χ4n) is 4.05. The van der Waals surface area contributed by atoms with Crippen molar-refractivity contribution in [3.63, 3.8) is 0 Å². The Morgan fingerprint density at radius 2 is 1.94 bits per heavy atom. The number of hydrogen-bond acceptors (Lipinski definition) is 4. The van der Waals surface area contributed by atoms with E-state index in [2.05, 4.69) is 15.3 Å². The van der Waals surface area contributed by atoms with Gasteiger partial charge in [0.25, 0.3) is 0 Å². The summed E-state index contributed by atoms with van der Waals surface area (Å²) in [5.41, 5.74) is 3.41. The molecule has 32 heavy (non-hydrogen) atoms. The van der Waals surface area contributed by atoms with Crippen molar-refractivity contribution < 1.29 is 5.11 Å². The van der Waals surface area contributed by atoms with Crippen LogP contribution in [-0.4, -0.2) is 24.8 Å². The van der Waals surface area contributed by atoms with E-state index in [1.165, 1.54) is 0 Å². The molecule has 2 N–H and O–H groups in total. The molecule has 0 bridgehead atoms. The van der Waals surface area contributed by atoms with Crippen molar-refractivity contribution in [1.82, 2.24) is 19.9 Å². The highest BCUT2D eigenvalue weighted by Crippen LogP contribution is 2.45. The molecule has 4 heterocycles. The van der Waals surface area contributed by atoms with Gasteiger partial charge in [-0.05, 0) is 73.2 Å². The van der Waals surface area contributed by atoms with E-state index >= 15 is 0 Å². The first-order valence-electron chi connectivity index (χ1n) is 10.1. The zero-order valence-electron chi connectivity index (χ0n) is 17.2. The number of thiocarbonyl (C=S) groups is 1. The normalized spacial score (nSPS) is 18.1. The lowest BCUT2D eigenvalue weighted by molar-refractivity contribution is 0.472. The van der Waals surface area contributed by atoms with E-state index in [4.69, 9.17) is 23.8 Å². The summed E-state index contributed by atoms with van der Waals surface area (Å²) in [6, 6.07) is 18.2. The van der Waals surface area contributed by atoms with Gasteiger partial charge in [0.1, 0.15) is 17.6 Å². The Bertz CT molecular complexity index is 1280. The second-order valence-corrected chi connectivity index (χ2v) is 8.45. The summed E-state index contributed by atoms with van der Waals surface area (Å²) in [7, 11) is 0. The lowest BCUT2D eigenvalue weighted by Gasteiger charge is -2.29. The van der Waals surface area contributed by atoms with Crippen LogP contribution in [0.4, 0.5) is 5.69 Å². The van der Waals surface area contributed by atoms with Crippen molar-refractivity contribution in [2.75, 3.05) is 4.90 Å². The van der Waals surface area contributed by atoms with Crippen molar-refractivity contribution in [3.8, 4) is 11.6 Å². The Morgan fingerprint density at radius 1 is 1.06 bits per heavy atom. The molecule has 0 amide bonds. The van der Waals surface area contributed by atoms with Gasteiger partial charge in [0.05, 0.1) is 17.4 Å². The molecular weight excluding hydrogens is 442 g/mol. The van der Waals surface area contributed by atoms with Crippen LogP contribution in [-0.2, 0) is 0 Å². The van der Waals surface area contributed by atoms with Gasteiger partial charge in [0.2, 0.25) is 0 Å². The Kier molecular flexibility index (Phi) is 5.28. The molecule has 3 aromatic heterocycles. The third-order valence-corrected chi connectivity index (χ3v) is 6.07. The fourth-order valence-corrected chi connectivity index (χ4v) is 4.56. The van der Waals surface area contributed by atoms with Gasteiger partial charge in [-0.25, -0.2) is 4.98 Å². The summed E-state index contributed by atoms with van der Waals surface area (Å²) >= 11 is 12.0. The van der Waals surface area contributed by atoms with Gasteiger partial charge >= 0.3 is 0 Å². The predicted molar refractivity (Wildman–Crippen MR) is 129 cm³/mol. The number of aromatic hydroxyl groups is 1. The monoisotopic (exact) mass is 461 g/mol. The van der Waals surface area contributed by atoms with Gasteiger partial charge in [-0.15, -0.1) is 0 Å². The number of aryl methyl sites for hydroxylation is 1. The molecule has 160 valence electrons. The van der Waals surface area contributed by atoms with Crippen molar-refractivity contribution in [1.29, 1.82) is 0 Å². The fraction of sp³-hybridized carbons (Fsp3) is 0.125. The van der Waals surface area contributed by atoms with E-state index in [1.807, 2.05) is 71.2 Å². The van der Waals surface area contributed by atoms with E-state index in [1.54, 1.807) is 24.4 Å². The third kappa shape index (κ3) is 3.59. The van der Waals surface area contributed by atoms with Gasteiger partial charge in [0, 0.05) is 29.3 Å². The average Bonchev–Trinajstić information content (AvgIpc) is 3.41. The molecule has 1 saturated heterocycles. The Balaban J connectivity index is 1.69. The molecule has 5 rings (SSSR count). The second-order valence-electron chi connectivity index (χ2n) is 7.63. The van der Waals surface area contributed by atoms with Crippen LogP contribution in [0.2, 0.25) is 5.02 Å². The number of hydrogen-bond donors (Lipinski definition) is 2. The van der Waals surface area contributed by atoms with Gasteiger partial charge in [0.15, 0.2) is 5.11 Å². The number of phenolic OH excluding ortho intramolecular Hbond substituents is 1. The second kappa shape index (κ2) is 8.26. The maximum absolute atomic E-state index is 10.7. The summed E-state index contributed by atoms with van der Waals surface area (Å²) in [4.78, 5) is 11.1. The SMILES string of the molecule is Cc1ccc(-n2cccc2[C@H]2[C@H](c3ccccn3)NC(=S)N2c2cc(Cl)ccc2O)nc1. The molecule has 0 radical (unpaired) electrons. The lowest BCUT2D eigenvalue weighted by Crippen LogP contribution is -2.30. The highest BCUT2D eigenvalue weighted by Gasteiger charge is 2.43. The van der Waals surface area contributed by atoms with E-state index in [0.717, 1.165) is 22.8 Å². The Hall–Kier alpha value is -3.42. The zero-order chi connectivity index (χ0) is 22.2. The van der Waals surface area contributed by atoms with Gasteiger partial charge < -0.3 is 19.9 Å². The lowest BCUT2D eigenvalue weighted by atomic mass is 10.0. The van der Waals surface area contributed by atoms with Crippen molar-refractivity contribution in [2.45, 2.75) is 19.0 Å². The topological polar surface area (TPSA) is 66.2 Å². The Morgan fingerprint density at radius 3 is 2.69 bits per heavy atom. The van der Waals surface area contributed by atoms with Crippen LogP contribution < -0.4 is 10.2 Å². The molecule has 2 atom stereocenters. The summed E-state index contributed by atoms with van der Waals surface area (Å²) in [5.74, 6) is 0.889. The molecule has 0 unspecified atom stereocenters. The predicted octanol–water partition coefficient (Wildman–Crippen LogP) is 5.11. The van der Waals surface area contributed by atoms with Crippen molar-refractivity contribution >= 4 is 34.6 Å². The van der Waals surface area contributed by atoms with E-state index in [9.17, 15) is 5.11 Å². The van der Waals surface area contributed by atoms with Crippen molar-refractivity contribution in [2.24, 2.45) is 0 Å². The first-order chi connectivity index (χ1) is 15.5. The third-order valence-electron chi connectivity index (χ3n) is 5.52. The summed E-state index contributed by atoms with van der Waals surface area (Å²) < 4.78 is 2.03. The number of pyridine rings is 2. The minimum atomic E-state index is -0.306. The molecule has 6 nitrogen and oxygen atoms in total. The summed E-state index contributed by atoms with van der Waals surface area (Å²) in [6.07, 6.45) is 5.57. The average molecular weight is 462 g/mol. The van der Waals surface area contributed by atoms with E-state index in [-0.39, 0.29) is 17.8 Å². The highest BCUT2D eigenvalue weighted by atomic mass is 35.5. The van der Waals surface area contributed by atoms with Crippen LogP contribution in [0.15, 0.2) is 79.3 Å². The Labute approximate surface area is 196 Å². The van der Waals surface area contributed by atoms with Crippen LogP contribution in [0.5, 0.6) is 5.75 Å². The molecule has 4 aromatic rings. The maximum Gasteiger partial charge on any atom is 0.174 e. The number of anilines is 1. The van der Waals surface area contributed by atoms with Crippen LogP contribution in [0, 0.1) is 6.92 Å². The highest BCUT2D eigenvalue weighted by molar-refractivity contribution is 7.80. The quantitative estimate of drug-likeness (QED) is 0.411. The molecule has 8 heteroatoms. The van der Waals surface area contributed by atoms with Crippen LogP contribution in [0.25, 0.3) is 5.82 Å². The minimum Gasteiger partial charge on any atom is -0.506 e. The standard InChI is InChI=1S/C24H20ClN5OS/c1-15-7-10-21(27-14-15)29-12-4-6-18(29)23-22(17-5-2-3-11-26-17)28-24(32)30(23)19-13-16(25)8-9-20(19)31/h2-14,22-23,31H,1H3,(H,28,32)/t22-,23-/m0/s1. The number of nitrogens with one attached hydrogen (secondary N) is 1. The molecule has 1 aliphatic rings. The van der Waals surface area contributed by atoms with Gasteiger partial charge in [-0.2, -0.15) is 0 Å². The zero-order valence-corrected chi connectivity index (χ0v) is 18.8. The molecule has 0 aliphatic carbocycles. The number of aromatic nitrogens is 3. The maximum atomic E-state index is 10.7. The number of nitrogens with zero attached hydrogens (tertiary/aromatic N) is 4. The number of benzene rings is 1. The van der Waals surface area contributed by atoms with Crippen LogP contribution >= 0.6 is 23.8 Å². The van der Waals surface area contributed by atoms with Gasteiger partial charge in [-0.3, -0.25) is 4.98 Å². The smallest absolute Gasteiger partial charge is 0.174 e. The minimum absolute atomic E-state index is 0.0942. The van der Waals surface area contributed by atoms with Crippen LogP contribution in [0.3, 0.4) is 0 Å². The molecule has 1 fully saturated rings. The molecule has 1 aromatic carbocycles. The molecule has 1 aliphatic heterocycles. The van der Waals surface area contributed by atoms with E-state index in [0.29, 0.717) is 15.8 Å². The van der Waals surface area contributed by atoms with E-state index < -0.39 is 0 Å². The molecule has 0 spiro atoms. The number of phenols is 1. The first kappa shape index (κ1) is 20.5. The largest absolute Gasteiger partial charge is 0.506 e. The van der Waals surface area contributed by atoms with Crippen molar-refractivity contribution in [3.05, 3.63) is 101 Å². The number of rotatable bonds is 4. The van der Waals surface area contributed by atoms with Gasteiger partial charge in [-0.1, -0.05) is 23.7 Å². The summed E-state index contributed by atoms with van der Waals surface area (Å²) in [5, 5.41) is 15.1. The van der Waals surface area contributed by atoms with Crippen LogP contribution in [0.1, 0.15) is 29.0 Å². The molecular formula is C24H20ClN5OS. The number of halogens is 1. The summed E-state index contributed by atoms with van der Waals surface area (Å²) in [6.45, 7) is 2.01. The first-order valence-corrected chi connectivity index (χ1v) is 10.9.